The van der Waals surface area contributed by atoms with Gasteiger partial charge in [-0.2, -0.15) is 0 Å². The van der Waals surface area contributed by atoms with Gasteiger partial charge >= 0.3 is 0 Å². The number of benzene rings is 1. The Hall–Kier alpha value is -1.01. The van der Waals surface area contributed by atoms with Gasteiger partial charge in [0.1, 0.15) is 0 Å². The van der Waals surface area contributed by atoms with Crippen LogP contribution >= 0.6 is 11.8 Å². The lowest BCUT2D eigenvalue weighted by atomic mass is 10.0. The lowest BCUT2D eigenvalue weighted by molar-refractivity contribution is -0.125. The molecule has 20 heavy (non-hydrogen) atoms. The lowest BCUT2D eigenvalue weighted by Crippen LogP contribution is -2.35. The first-order valence-electron chi connectivity index (χ1n) is 6.78. The Labute approximate surface area is 123 Å². The van der Waals surface area contributed by atoms with Crippen LogP contribution in [0.3, 0.4) is 0 Å². The maximum absolute atomic E-state index is 12.2. The molecule has 2 unspecified atom stereocenters. The van der Waals surface area contributed by atoms with E-state index in [-0.39, 0.29) is 29.4 Å². The van der Waals surface area contributed by atoms with Crippen LogP contribution in [0.15, 0.2) is 29.2 Å². The summed E-state index contributed by atoms with van der Waals surface area (Å²) in [6.07, 6.45) is 1.35. The fourth-order valence-electron chi connectivity index (χ4n) is 2.78. The molecule has 0 aromatic heterocycles. The van der Waals surface area contributed by atoms with Crippen molar-refractivity contribution >= 4 is 27.5 Å². The van der Waals surface area contributed by atoms with Crippen LogP contribution in [0.4, 0.5) is 0 Å². The van der Waals surface area contributed by atoms with Crippen LogP contribution in [0.5, 0.6) is 0 Å². The van der Waals surface area contributed by atoms with Crippen molar-refractivity contribution in [2.24, 2.45) is 5.92 Å². The third kappa shape index (κ3) is 2.86. The van der Waals surface area contributed by atoms with E-state index in [0.717, 1.165) is 17.7 Å². The standard InChI is InChI=1S/C14H17NO3S2/c16-14(10-6-8-20(17,18)9-10)15-12-5-7-19-13-4-2-1-3-11(12)13/h1-4,10,12H,5-9H2,(H,15,16). The van der Waals surface area contributed by atoms with Gasteiger partial charge in [0.2, 0.25) is 5.91 Å². The summed E-state index contributed by atoms with van der Waals surface area (Å²) in [6.45, 7) is 0. The first-order chi connectivity index (χ1) is 9.55. The summed E-state index contributed by atoms with van der Waals surface area (Å²) in [7, 11) is -3.01. The maximum Gasteiger partial charge on any atom is 0.224 e. The molecule has 1 aromatic carbocycles. The highest BCUT2D eigenvalue weighted by atomic mass is 32.2. The lowest BCUT2D eigenvalue weighted by Gasteiger charge is -2.26. The van der Waals surface area contributed by atoms with Gasteiger partial charge in [0, 0.05) is 10.6 Å². The fraction of sp³-hybridized carbons (Fsp3) is 0.500. The molecule has 2 heterocycles. The number of thioether (sulfide) groups is 1. The first-order valence-corrected chi connectivity index (χ1v) is 9.58. The maximum atomic E-state index is 12.2. The molecule has 1 amide bonds. The highest BCUT2D eigenvalue weighted by molar-refractivity contribution is 7.99. The van der Waals surface area contributed by atoms with Gasteiger partial charge in [-0.1, -0.05) is 18.2 Å². The second kappa shape index (κ2) is 5.41. The van der Waals surface area contributed by atoms with Crippen LogP contribution in [-0.4, -0.2) is 31.6 Å². The third-order valence-corrected chi connectivity index (χ3v) is 6.77. The summed E-state index contributed by atoms with van der Waals surface area (Å²) in [5.41, 5.74) is 1.15. The molecule has 2 aliphatic heterocycles. The van der Waals surface area contributed by atoms with Gasteiger partial charge in [-0.25, -0.2) is 8.42 Å². The molecule has 1 aromatic rings. The average Bonchev–Trinajstić information content (AvgIpc) is 2.80. The van der Waals surface area contributed by atoms with Gasteiger partial charge in [0.25, 0.3) is 0 Å². The molecule has 1 saturated heterocycles. The van der Waals surface area contributed by atoms with E-state index < -0.39 is 9.84 Å². The Bertz CT molecular complexity index is 627. The van der Waals surface area contributed by atoms with Gasteiger partial charge < -0.3 is 5.32 Å². The van der Waals surface area contributed by atoms with Gasteiger partial charge in [-0.15, -0.1) is 11.8 Å². The Balaban J connectivity index is 1.72. The van der Waals surface area contributed by atoms with E-state index in [0.29, 0.717) is 6.42 Å². The van der Waals surface area contributed by atoms with Crippen LogP contribution in [0.25, 0.3) is 0 Å². The number of fused-ring (bicyclic) bond motifs is 1. The van der Waals surface area contributed by atoms with Crippen LogP contribution in [0.2, 0.25) is 0 Å². The third-order valence-electron chi connectivity index (χ3n) is 3.88. The predicted octanol–water partition coefficient (Wildman–Crippen LogP) is 1.77. The zero-order chi connectivity index (χ0) is 14.2. The predicted molar refractivity (Wildman–Crippen MR) is 79.4 cm³/mol. The Morgan fingerprint density at radius 3 is 2.80 bits per heavy atom. The quantitative estimate of drug-likeness (QED) is 0.904. The average molecular weight is 311 g/mol. The molecule has 2 atom stereocenters. The van der Waals surface area contributed by atoms with Gasteiger partial charge in [0.15, 0.2) is 9.84 Å². The van der Waals surface area contributed by atoms with Gasteiger partial charge in [0.05, 0.1) is 23.5 Å². The number of carbonyl (C=O) groups is 1. The highest BCUT2D eigenvalue weighted by Gasteiger charge is 2.34. The molecule has 0 bridgehead atoms. The molecule has 1 N–H and O–H groups in total. The van der Waals surface area contributed by atoms with Crippen molar-refractivity contribution in [1.29, 1.82) is 0 Å². The second-order valence-corrected chi connectivity index (χ2v) is 8.70. The monoisotopic (exact) mass is 311 g/mol. The SMILES string of the molecule is O=C(NC1CCSc2ccccc21)C1CCS(=O)(=O)C1. The number of carbonyl (C=O) groups excluding carboxylic acids is 1. The zero-order valence-electron chi connectivity index (χ0n) is 11.0. The van der Waals surface area contributed by atoms with Crippen molar-refractivity contribution in [1.82, 2.24) is 5.32 Å². The van der Waals surface area contributed by atoms with Crippen molar-refractivity contribution in [2.75, 3.05) is 17.3 Å². The number of amides is 1. The van der Waals surface area contributed by atoms with E-state index >= 15 is 0 Å². The van der Waals surface area contributed by atoms with E-state index in [9.17, 15) is 13.2 Å². The Kier molecular flexibility index (Phi) is 3.77. The molecule has 6 heteroatoms. The normalized spacial score (nSPS) is 27.8. The van der Waals surface area contributed by atoms with Crippen molar-refractivity contribution in [2.45, 2.75) is 23.8 Å². The van der Waals surface area contributed by atoms with Gasteiger partial charge in [-0.3, -0.25) is 4.79 Å². The van der Waals surface area contributed by atoms with Crippen LogP contribution in [-0.2, 0) is 14.6 Å². The smallest absolute Gasteiger partial charge is 0.224 e. The van der Waals surface area contributed by atoms with Crippen molar-refractivity contribution in [3.63, 3.8) is 0 Å². The van der Waals surface area contributed by atoms with Gasteiger partial charge in [-0.05, 0) is 24.5 Å². The van der Waals surface area contributed by atoms with E-state index in [2.05, 4.69) is 11.4 Å². The van der Waals surface area contributed by atoms with E-state index in [1.807, 2.05) is 18.2 Å². The minimum Gasteiger partial charge on any atom is -0.349 e. The first kappa shape index (κ1) is 13.9. The number of hydrogen-bond donors (Lipinski definition) is 1. The molecule has 0 radical (unpaired) electrons. The molecule has 108 valence electrons. The molecule has 4 nitrogen and oxygen atoms in total. The number of hydrogen-bond acceptors (Lipinski definition) is 4. The van der Waals surface area contributed by atoms with Crippen LogP contribution < -0.4 is 5.32 Å². The van der Waals surface area contributed by atoms with Crippen LogP contribution in [0.1, 0.15) is 24.4 Å². The summed E-state index contributed by atoms with van der Waals surface area (Å²) < 4.78 is 22.9. The number of rotatable bonds is 2. The molecule has 3 rings (SSSR count). The Morgan fingerprint density at radius 2 is 2.05 bits per heavy atom. The minimum atomic E-state index is -3.01. The largest absolute Gasteiger partial charge is 0.349 e. The molecule has 2 aliphatic rings. The van der Waals surface area contributed by atoms with E-state index in [1.54, 1.807) is 11.8 Å². The Morgan fingerprint density at radius 1 is 1.25 bits per heavy atom. The fourth-order valence-corrected chi connectivity index (χ4v) is 5.65. The summed E-state index contributed by atoms with van der Waals surface area (Å²) >= 11 is 1.80. The topological polar surface area (TPSA) is 63.2 Å². The summed E-state index contributed by atoms with van der Waals surface area (Å²) in [6, 6.07) is 8.10. The van der Waals surface area contributed by atoms with Crippen LogP contribution in [0, 0.1) is 5.92 Å². The molecule has 0 aliphatic carbocycles. The summed E-state index contributed by atoms with van der Waals surface area (Å²) in [4.78, 5) is 13.4. The van der Waals surface area contributed by atoms with E-state index in [4.69, 9.17) is 0 Å². The molecule has 0 spiro atoms. The molecular formula is C14H17NO3S2. The summed E-state index contributed by atoms with van der Waals surface area (Å²) in [5, 5.41) is 3.04. The van der Waals surface area contributed by atoms with Crippen molar-refractivity contribution in [3.8, 4) is 0 Å². The molecule has 1 fully saturated rings. The highest BCUT2D eigenvalue weighted by Crippen LogP contribution is 2.36. The number of sulfone groups is 1. The zero-order valence-corrected chi connectivity index (χ0v) is 12.7. The molecule has 0 saturated carbocycles. The van der Waals surface area contributed by atoms with Crippen molar-refractivity contribution < 1.29 is 13.2 Å². The van der Waals surface area contributed by atoms with E-state index in [1.165, 1.54) is 4.90 Å². The summed E-state index contributed by atoms with van der Waals surface area (Å²) in [5.74, 6) is 0.634. The second-order valence-electron chi connectivity index (χ2n) is 5.34. The molecular weight excluding hydrogens is 294 g/mol. The van der Waals surface area contributed by atoms with Crippen molar-refractivity contribution in [3.05, 3.63) is 29.8 Å². The minimum absolute atomic E-state index is 0.00193. The number of nitrogens with one attached hydrogen (secondary N) is 1.